The number of aliphatic hydroxyl groups is 1. The molecule has 1 unspecified atom stereocenters. The van der Waals surface area contributed by atoms with Crippen molar-refractivity contribution in [3.8, 4) is 0 Å². The molecule has 1 amide bonds. The Hall–Kier alpha value is -0.260. The average Bonchev–Trinajstić information content (AvgIpc) is 2.27. The third-order valence-electron chi connectivity index (χ3n) is 3.46. The van der Waals surface area contributed by atoms with Crippen LogP contribution < -0.4 is 5.32 Å². The third-order valence-corrected chi connectivity index (χ3v) is 4.59. The minimum Gasteiger partial charge on any atom is -0.386 e. The number of thioether (sulfide) groups is 1. The molecule has 0 aliphatic carbocycles. The number of β-amino-alcohol motifs (C(OH)–C–C–N with tert-alkyl or cyclic N) is 1. The lowest BCUT2D eigenvalue weighted by atomic mass is 9.89. The molecule has 2 heterocycles. The van der Waals surface area contributed by atoms with Crippen molar-refractivity contribution in [2.24, 2.45) is 0 Å². The summed E-state index contributed by atoms with van der Waals surface area (Å²) in [5.74, 6) is 2.36. The van der Waals surface area contributed by atoms with Crippen molar-refractivity contribution in [1.82, 2.24) is 10.2 Å². The summed E-state index contributed by atoms with van der Waals surface area (Å²) in [6.07, 6.45) is 2.35. The van der Waals surface area contributed by atoms with Crippen molar-refractivity contribution in [2.75, 3.05) is 31.1 Å². The van der Waals surface area contributed by atoms with Crippen molar-refractivity contribution in [3.05, 3.63) is 0 Å². The summed E-state index contributed by atoms with van der Waals surface area (Å²) in [4.78, 5) is 13.7. The highest BCUT2D eigenvalue weighted by molar-refractivity contribution is 7.99. The van der Waals surface area contributed by atoms with E-state index in [0.29, 0.717) is 25.6 Å². The molecule has 98 valence electrons. The van der Waals surface area contributed by atoms with Crippen LogP contribution in [0.15, 0.2) is 0 Å². The molecule has 2 rings (SSSR count). The lowest BCUT2D eigenvalue weighted by Gasteiger charge is -2.47. The Balaban J connectivity index is 1.71. The lowest BCUT2D eigenvalue weighted by Crippen LogP contribution is -2.64. The topological polar surface area (TPSA) is 52.6 Å². The van der Waals surface area contributed by atoms with Crippen molar-refractivity contribution >= 4 is 17.7 Å². The first-order valence-corrected chi connectivity index (χ1v) is 7.60. The summed E-state index contributed by atoms with van der Waals surface area (Å²) in [6.45, 7) is 4.12. The number of amides is 1. The molecule has 2 fully saturated rings. The van der Waals surface area contributed by atoms with Crippen LogP contribution in [0.3, 0.4) is 0 Å². The second kappa shape index (κ2) is 5.59. The standard InChI is InChI=1S/C12H22N2O2S/c1-2-3-12(16)8-14(9-12)11(15)6-10-7-17-5-4-13-10/h10,13,16H,2-9H2,1H3. The summed E-state index contributed by atoms with van der Waals surface area (Å²) >= 11 is 1.91. The van der Waals surface area contributed by atoms with Crippen LogP contribution in [0.1, 0.15) is 26.2 Å². The van der Waals surface area contributed by atoms with Gasteiger partial charge in [0.1, 0.15) is 0 Å². The quantitative estimate of drug-likeness (QED) is 0.769. The number of nitrogens with one attached hydrogen (secondary N) is 1. The van der Waals surface area contributed by atoms with E-state index in [2.05, 4.69) is 12.2 Å². The van der Waals surface area contributed by atoms with Crippen molar-refractivity contribution in [2.45, 2.75) is 37.8 Å². The molecule has 0 aromatic carbocycles. The molecule has 2 aliphatic rings. The largest absolute Gasteiger partial charge is 0.386 e. The molecular formula is C12H22N2O2S. The summed E-state index contributed by atoms with van der Waals surface area (Å²) in [5.41, 5.74) is -0.598. The van der Waals surface area contributed by atoms with E-state index in [1.54, 1.807) is 4.90 Å². The monoisotopic (exact) mass is 258 g/mol. The van der Waals surface area contributed by atoms with Gasteiger partial charge >= 0.3 is 0 Å². The molecule has 0 spiro atoms. The van der Waals surface area contributed by atoms with E-state index < -0.39 is 5.60 Å². The fraction of sp³-hybridized carbons (Fsp3) is 0.917. The summed E-state index contributed by atoms with van der Waals surface area (Å²) in [6, 6.07) is 0.320. The number of carbonyl (C=O) groups excluding carboxylic acids is 1. The molecule has 0 bridgehead atoms. The molecule has 2 N–H and O–H groups in total. The fourth-order valence-corrected chi connectivity index (χ4v) is 3.50. The first-order valence-electron chi connectivity index (χ1n) is 6.44. The first-order chi connectivity index (χ1) is 8.13. The van der Waals surface area contributed by atoms with E-state index in [4.69, 9.17) is 0 Å². The molecule has 2 aliphatic heterocycles. The highest BCUT2D eigenvalue weighted by Crippen LogP contribution is 2.26. The van der Waals surface area contributed by atoms with Gasteiger partial charge in [-0.1, -0.05) is 13.3 Å². The van der Waals surface area contributed by atoms with E-state index in [-0.39, 0.29) is 5.91 Å². The Morgan fingerprint density at radius 2 is 2.35 bits per heavy atom. The molecule has 0 saturated carbocycles. The number of hydrogen-bond donors (Lipinski definition) is 2. The smallest absolute Gasteiger partial charge is 0.224 e. The second-order valence-electron chi connectivity index (χ2n) is 5.15. The molecule has 17 heavy (non-hydrogen) atoms. The molecular weight excluding hydrogens is 236 g/mol. The molecule has 1 atom stereocenters. The van der Waals surface area contributed by atoms with Crippen LogP contribution >= 0.6 is 11.8 Å². The van der Waals surface area contributed by atoms with Gasteiger partial charge in [-0.3, -0.25) is 4.79 Å². The van der Waals surface area contributed by atoms with E-state index in [1.165, 1.54) is 0 Å². The molecule has 0 aromatic heterocycles. The van der Waals surface area contributed by atoms with E-state index in [0.717, 1.165) is 30.9 Å². The number of likely N-dealkylation sites (tertiary alicyclic amines) is 1. The van der Waals surface area contributed by atoms with Gasteiger partial charge in [0.2, 0.25) is 5.91 Å². The summed E-state index contributed by atoms with van der Waals surface area (Å²) < 4.78 is 0. The maximum Gasteiger partial charge on any atom is 0.224 e. The molecule has 2 saturated heterocycles. The minimum atomic E-state index is -0.598. The molecule has 0 aromatic rings. The van der Waals surface area contributed by atoms with Crippen LogP contribution in [0, 0.1) is 0 Å². The van der Waals surface area contributed by atoms with Gasteiger partial charge in [0.05, 0.1) is 18.7 Å². The number of rotatable bonds is 4. The predicted octanol–water partition coefficient (Wildman–Crippen LogP) is 0.455. The Morgan fingerprint density at radius 3 is 2.94 bits per heavy atom. The number of hydrogen-bond acceptors (Lipinski definition) is 4. The first kappa shape index (κ1) is 13.2. The Morgan fingerprint density at radius 1 is 1.59 bits per heavy atom. The lowest BCUT2D eigenvalue weighted by molar-refractivity contribution is -0.156. The van der Waals surface area contributed by atoms with Crippen LogP contribution in [-0.2, 0) is 4.79 Å². The fourth-order valence-electron chi connectivity index (χ4n) is 2.55. The van der Waals surface area contributed by atoms with Crippen LogP contribution in [-0.4, -0.2) is 58.7 Å². The number of carbonyl (C=O) groups is 1. The van der Waals surface area contributed by atoms with Crippen LogP contribution in [0.2, 0.25) is 0 Å². The Kier molecular flexibility index (Phi) is 4.33. The SMILES string of the molecule is CCCC1(O)CN(C(=O)CC2CSCCN2)C1. The van der Waals surface area contributed by atoms with Gasteiger partial charge in [-0.2, -0.15) is 11.8 Å². The minimum absolute atomic E-state index is 0.186. The average molecular weight is 258 g/mol. The van der Waals surface area contributed by atoms with Gasteiger partial charge in [0, 0.05) is 30.5 Å². The van der Waals surface area contributed by atoms with Gasteiger partial charge in [-0.25, -0.2) is 0 Å². The van der Waals surface area contributed by atoms with Crippen molar-refractivity contribution in [1.29, 1.82) is 0 Å². The molecule has 5 heteroatoms. The zero-order valence-electron chi connectivity index (χ0n) is 10.4. The van der Waals surface area contributed by atoms with Gasteiger partial charge in [0.15, 0.2) is 0 Å². The highest BCUT2D eigenvalue weighted by Gasteiger charge is 2.42. The van der Waals surface area contributed by atoms with E-state index in [9.17, 15) is 9.90 Å². The zero-order valence-corrected chi connectivity index (χ0v) is 11.3. The third kappa shape index (κ3) is 3.36. The molecule has 4 nitrogen and oxygen atoms in total. The van der Waals surface area contributed by atoms with Gasteiger partial charge in [-0.15, -0.1) is 0 Å². The normalized spacial score (nSPS) is 27.6. The summed E-state index contributed by atoms with van der Waals surface area (Å²) in [7, 11) is 0. The van der Waals surface area contributed by atoms with E-state index >= 15 is 0 Å². The van der Waals surface area contributed by atoms with E-state index in [1.807, 2.05) is 11.8 Å². The Labute approximate surface area is 107 Å². The summed E-state index contributed by atoms with van der Waals surface area (Å²) in [5, 5.41) is 13.4. The highest BCUT2D eigenvalue weighted by atomic mass is 32.2. The molecule has 0 radical (unpaired) electrons. The van der Waals surface area contributed by atoms with Crippen molar-refractivity contribution in [3.63, 3.8) is 0 Å². The van der Waals surface area contributed by atoms with Gasteiger partial charge in [0.25, 0.3) is 0 Å². The number of nitrogens with zero attached hydrogens (tertiary/aromatic N) is 1. The van der Waals surface area contributed by atoms with Crippen LogP contribution in [0.4, 0.5) is 0 Å². The van der Waals surface area contributed by atoms with Crippen LogP contribution in [0.5, 0.6) is 0 Å². The maximum atomic E-state index is 12.0. The van der Waals surface area contributed by atoms with Gasteiger partial charge in [-0.05, 0) is 6.42 Å². The predicted molar refractivity (Wildman–Crippen MR) is 70.2 cm³/mol. The van der Waals surface area contributed by atoms with Gasteiger partial charge < -0.3 is 15.3 Å². The van der Waals surface area contributed by atoms with Crippen LogP contribution in [0.25, 0.3) is 0 Å². The maximum absolute atomic E-state index is 12.0. The zero-order chi connectivity index (χ0) is 12.3. The van der Waals surface area contributed by atoms with Crippen molar-refractivity contribution < 1.29 is 9.90 Å². The Bertz CT molecular complexity index is 274. The second-order valence-corrected chi connectivity index (χ2v) is 6.30.